The van der Waals surface area contributed by atoms with Crippen LogP contribution in [0.2, 0.25) is 0 Å². The van der Waals surface area contributed by atoms with Crippen molar-refractivity contribution in [2.45, 2.75) is 52.7 Å². The largest absolute Gasteiger partial charge is 0.390 e. The van der Waals surface area contributed by atoms with E-state index >= 15 is 0 Å². The van der Waals surface area contributed by atoms with Crippen LogP contribution in [0.25, 0.3) is 0 Å². The molecule has 4 heteroatoms. The average molecular weight is 253 g/mol. The van der Waals surface area contributed by atoms with Crippen LogP contribution in [0.4, 0.5) is 0 Å². The monoisotopic (exact) mass is 253 g/mol. The molecule has 104 valence electrons. The Morgan fingerprint density at radius 2 is 2.22 bits per heavy atom. The SMILES string of the molecule is CCn1ccnc1CC(C)(O)CCNCC(C)C. The van der Waals surface area contributed by atoms with Crippen LogP contribution in [-0.2, 0) is 13.0 Å². The van der Waals surface area contributed by atoms with Crippen LogP contribution >= 0.6 is 0 Å². The van der Waals surface area contributed by atoms with E-state index in [9.17, 15) is 5.11 Å². The number of hydrogen-bond acceptors (Lipinski definition) is 3. The molecule has 1 aromatic heterocycles. The fourth-order valence-corrected chi connectivity index (χ4v) is 1.97. The number of aliphatic hydroxyl groups is 1. The molecular formula is C14H27N3O. The number of hydrogen-bond donors (Lipinski definition) is 2. The predicted octanol–water partition coefficient (Wildman–Crippen LogP) is 1.83. The lowest BCUT2D eigenvalue weighted by Crippen LogP contribution is -2.34. The third-order valence-electron chi connectivity index (χ3n) is 3.07. The number of nitrogens with one attached hydrogen (secondary N) is 1. The van der Waals surface area contributed by atoms with Gasteiger partial charge in [-0.3, -0.25) is 0 Å². The summed E-state index contributed by atoms with van der Waals surface area (Å²) in [6.45, 7) is 11.1. The van der Waals surface area contributed by atoms with Gasteiger partial charge in [-0.2, -0.15) is 0 Å². The van der Waals surface area contributed by atoms with Crippen molar-refractivity contribution in [3.05, 3.63) is 18.2 Å². The Bertz CT molecular complexity index is 345. The standard InChI is InChI=1S/C14H27N3O/c1-5-17-9-8-16-13(17)10-14(4,18)6-7-15-11-12(2)3/h8-9,12,15,18H,5-7,10-11H2,1-4H3. The minimum atomic E-state index is -0.692. The maximum atomic E-state index is 10.4. The van der Waals surface area contributed by atoms with Gasteiger partial charge in [0.1, 0.15) is 5.82 Å². The van der Waals surface area contributed by atoms with Gasteiger partial charge in [0.05, 0.1) is 5.60 Å². The van der Waals surface area contributed by atoms with Gasteiger partial charge in [-0.25, -0.2) is 4.98 Å². The summed E-state index contributed by atoms with van der Waals surface area (Å²) in [4.78, 5) is 4.31. The first-order valence-electron chi connectivity index (χ1n) is 6.87. The van der Waals surface area contributed by atoms with Gasteiger partial charge in [0.25, 0.3) is 0 Å². The van der Waals surface area contributed by atoms with Crippen molar-refractivity contribution in [3.63, 3.8) is 0 Å². The lowest BCUT2D eigenvalue weighted by Gasteiger charge is -2.23. The van der Waals surface area contributed by atoms with Crippen LogP contribution in [0, 0.1) is 5.92 Å². The third-order valence-corrected chi connectivity index (χ3v) is 3.07. The number of aromatic nitrogens is 2. The molecule has 18 heavy (non-hydrogen) atoms. The van der Waals surface area contributed by atoms with E-state index in [1.807, 2.05) is 13.1 Å². The number of imidazole rings is 1. The second kappa shape index (κ2) is 6.90. The Kier molecular flexibility index (Phi) is 5.82. The van der Waals surface area contributed by atoms with Crippen LogP contribution < -0.4 is 5.32 Å². The van der Waals surface area contributed by atoms with Crippen LogP contribution in [0.5, 0.6) is 0 Å². The molecule has 2 N–H and O–H groups in total. The van der Waals surface area contributed by atoms with Gasteiger partial charge in [0.2, 0.25) is 0 Å². The van der Waals surface area contributed by atoms with Crippen molar-refractivity contribution in [3.8, 4) is 0 Å². The first-order valence-corrected chi connectivity index (χ1v) is 6.87. The van der Waals surface area contributed by atoms with Crippen molar-refractivity contribution < 1.29 is 5.11 Å². The highest BCUT2D eigenvalue weighted by atomic mass is 16.3. The normalized spacial score (nSPS) is 15.0. The van der Waals surface area contributed by atoms with Gasteiger partial charge in [-0.15, -0.1) is 0 Å². The highest BCUT2D eigenvalue weighted by Crippen LogP contribution is 2.15. The average Bonchev–Trinajstić information content (AvgIpc) is 2.70. The van der Waals surface area contributed by atoms with E-state index in [-0.39, 0.29) is 0 Å². The topological polar surface area (TPSA) is 50.1 Å². The highest BCUT2D eigenvalue weighted by Gasteiger charge is 2.22. The molecular weight excluding hydrogens is 226 g/mol. The van der Waals surface area contributed by atoms with E-state index in [2.05, 4.69) is 35.6 Å². The minimum absolute atomic E-state index is 0.608. The summed E-state index contributed by atoms with van der Waals surface area (Å²) >= 11 is 0. The van der Waals surface area contributed by atoms with Crippen LogP contribution in [0.15, 0.2) is 12.4 Å². The molecule has 4 nitrogen and oxygen atoms in total. The van der Waals surface area contributed by atoms with E-state index in [0.717, 1.165) is 31.9 Å². The summed E-state index contributed by atoms with van der Waals surface area (Å²) in [5, 5.41) is 13.7. The zero-order valence-corrected chi connectivity index (χ0v) is 12.1. The molecule has 1 heterocycles. The first-order chi connectivity index (χ1) is 8.44. The smallest absolute Gasteiger partial charge is 0.111 e. The van der Waals surface area contributed by atoms with Gasteiger partial charge in [-0.1, -0.05) is 13.8 Å². The third kappa shape index (κ3) is 5.19. The summed E-state index contributed by atoms with van der Waals surface area (Å²) in [7, 11) is 0. The summed E-state index contributed by atoms with van der Waals surface area (Å²) < 4.78 is 2.08. The van der Waals surface area contributed by atoms with Gasteiger partial charge >= 0.3 is 0 Å². The second-order valence-corrected chi connectivity index (χ2v) is 5.65. The fraction of sp³-hybridized carbons (Fsp3) is 0.786. The predicted molar refractivity (Wildman–Crippen MR) is 74.6 cm³/mol. The fourth-order valence-electron chi connectivity index (χ4n) is 1.97. The number of rotatable bonds is 8. The summed E-state index contributed by atoms with van der Waals surface area (Å²) in [6, 6.07) is 0. The minimum Gasteiger partial charge on any atom is -0.390 e. The molecule has 0 saturated carbocycles. The summed E-state index contributed by atoms with van der Waals surface area (Å²) in [6.07, 6.45) is 5.11. The van der Waals surface area contributed by atoms with Crippen LogP contribution in [0.3, 0.4) is 0 Å². The molecule has 0 bridgehead atoms. The summed E-state index contributed by atoms with van der Waals surface area (Å²) in [5.74, 6) is 1.61. The molecule has 0 aliphatic heterocycles. The van der Waals surface area contributed by atoms with Crippen molar-refractivity contribution in [1.29, 1.82) is 0 Å². The number of aryl methyl sites for hydroxylation is 1. The van der Waals surface area contributed by atoms with E-state index in [1.165, 1.54) is 0 Å². The molecule has 0 aliphatic rings. The van der Waals surface area contributed by atoms with Gasteiger partial charge in [0, 0.05) is 25.4 Å². The van der Waals surface area contributed by atoms with Crippen molar-refractivity contribution in [1.82, 2.24) is 14.9 Å². The van der Waals surface area contributed by atoms with Crippen molar-refractivity contribution in [2.24, 2.45) is 5.92 Å². The Morgan fingerprint density at radius 1 is 1.50 bits per heavy atom. The molecule has 0 aliphatic carbocycles. The molecule has 0 amide bonds. The molecule has 0 saturated heterocycles. The molecule has 1 atom stereocenters. The highest BCUT2D eigenvalue weighted by molar-refractivity contribution is 4.97. The van der Waals surface area contributed by atoms with Crippen LogP contribution in [-0.4, -0.2) is 33.3 Å². The summed E-state index contributed by atoms with van der Waals surface area (Å²) in [5.41, 5.74) is -0.692. The molecule has 0 radical (unpaired) electrons. The number of nitrogens with zero attached hydrogens (tertiary/aromatic N) is 2. The zero-order valence-electron chi connectivity index (χ0n) is 12.1. The maximum Gasteiger partial charge on any atom is 0.111 e. The lowest BCUT2D eigenvalue weighted by atomic mass is 9.97. The maximum absolute atomic E-state index is 10.4. The second-order valence-electron chi connectivity index (χ2n) is 5.65. The first kappa shape index (κ1) is 15.2. The molecule has 1 aromatic rings. The van der Waals surface area contributed by atoms with E-state index in [4.69, 9.17) is 0 Å². The van der Waals surface area contributed by atoms with E-state index in [1.54, 1.807) is 6.20 Å². The Labute approximate surface area is 110 Å². The van der Waals surface area contributed by atoms with Gasteiger partial charge < -0.3 is 15.0 Å². The van der Waals surface area contributed by atoms with E-state index < -0.39 is 5.60 Å². The molecule has 0 fully saturated rings. The van der Waals surface area contributed by atoms with Crippen molar-refractivity contribution >= 4 is 0 Å². The molecule has 1 unspecified atom stereocenters. The van der Waals surface area contributed by atoms with Crippen molar-refractivity contribution in [2.75, 3.05) is 13.1 Å². The quantitative estimate of drug-likeness (QED) is 0.695. The Morgan fingerprint density at radius 3 is 2.83 bits per heavy atom. The molecule has 1 rings (SSSR count). The van der Waals surface area contributed by atoms with E-state index in [0.29, 0.717) is 12.3 Å². The Balaban J connectivity index is 2.39. The zero-order chi connectivity index (χ0) is 13.6. The molecule has 0 spiro atoms. The van der Waals surface area contributed by atoms with Gasteiger partial charge in [-0.05, 0) is 39.3 Å². The van der Waals surface area contributed by atoms with Crippen LogP contribution in [0.1, 0.15) is 39.9 Å². The molecule has 0 aromatic carbocycles. The Hall–Kier alpha value is -0.870. The van der Waals surface area contributed by atoms with Gasteiger partial charge in [0.15, 0.2) is 0 Å². The lowest BCUT2D eigenvalue weighted by molar-refractivity contribution is 0.0486.